The SMILES string of the molecule is CCc1ccc(C)cc1.CCc1ccc2c(c1)OCO2.CCc1ccncc1. The van der Waals surface area contributed by atoms with Gasteiger partial charge in [0.05, 0.1) is 0 Å². The van der Waals surface area contributed by atoms with Gasteiger partial charge in [0.15, 0.2) is 11.5 Å². The third kappa shape index (κ3) is 7.07. The Balaban J connectivity index is 0.000000153. The van der Waals surface area contributed by atoms with Crippen LogP contribution in [0.25, 0.3) is 0 Å². The molecule has 0 atom stereocenters. The van der Waals surface area contributed by atoms with E-state index < -0.39 is 0 Å². The average Bonchev–Trinajstić information content (AvgIpc) is 3.23. The summed E-state index contributed by atoms with van der Waals surface area (Å²) in [4.78, 5) is 3.89. The van der Waals surface area contributed by atoms with Crippen molar-refractivity contribution in [2.24, 2.45) is 0 Å². The Labute approximate surface area is 169 Å². The van der Waals surface area contributed by atoms with E-state index in [4.69, 9.17) is 9.47 Å². The molecule has 0 amide bonds. The summed E-state index contributed by atoms with van der Waals surface area (Å²) in [5.74, 6) is 1.74. The van der Waals surface area contributed by atoms with E-state index in [1.165, 1.54) is 22.3 Å². The van der Waals surface area contributed by atoms with Crippen LogP contribution in [0.1, 0.15) is 43.0 Å². The normalized spacial score (nSPS) is 11.0. The van der Waals surface area contributed by atoms with Gasteiger partial charge >= 0.3 is 0 Å². The molecule has 2 aromatic carbocycles. The number of rotatable bonds is 3. The Morgan fingerprint density at radius 2 is 1.21 bits per heavy atom. The highest BCUT2D eigenvalue weighted by Crippen LogP contribution is 2.32. The number of fused-ring (bicyclic) bond motifs is 1. The van der Waals surface area contributed by atoms with Crippen molar-refractivity contribution in [1.82, 2.24) is 4.98 Å². The zero-order chi connectivity index (χ0) is 20.2. The lowest BCUT2D eigenvalue weighted by Crippen LogP contribution is -1.92. The lowest BCUT2D eigenvalue weighted by molar-refractivity contribution is 0.174. The van der Waals surface area contributed by atoms with Gasteiger partial charge in [-0.2, -0.15) is 0 Å². The van der Waals surface area contributed by atoms with Crippen molar-refractivity contribution in [1.29, 1.82) is 0 Å². The maximum atomic E-state index is 5.22. The van der Waals surface area contributed by atoms with E-state index in [2.05, 4.69) is 63.0 Å². The van der Waals surface area contributed by atoms with Crippen LogP contribution in [0, 0.1) is 6.92 Å². The zero-order valence-electron chi connectivity index (χ0n) is 17.4. The summed E-state index contributed by atoms with van der Waals surface area (Å²) in [6.45, 7) is 8.90. The first kappa shape index (κ1) is 21.5. The number of benzene rings is 2. The van der Waals surface area contributed by atoms with Gasteiger partial charge in [-0.05, 0) is 67.1 Å². The first-order valence-electron chi connectivity index (χ1n) is 9.99. The molecule has 3 heteroatoms. The summed E-state index contributed by atoms with van der Waals surface area (Å²) in [6, 6.07) is 18.8. The third-order valence-corrected chi connectivity index (χ3v) is 4.53. The van der Waals surface area contributed by atoms with Gasteiger partial charge in [0, 0.05) is 12.4 Å². The number of pyridine rings is 1. The summed E-state index contributed by atoms with van der Waals surface area (Å²) in [5, 5.41) is 0. The van der Waals surface area contributed by atoms with Gasteiger partial charge < -0.3 is 9.47 Å². The predicted octanol–water partition coefficient (Wildman–Crippen LogP) is 6.18. The molecule has 0 saturated carbocycles. The van der Waals surface area contributed by atoms with Gasteiger partial charge in [0.2, 0.25) is 6.79 Å². The highest BCUT2D eigenvalue weighted by Gasteiger charge is 2.11. The molecule has 148 valence electrons. The molecule has 1 aliphatic rings. The molecule has 0 aliphatic carbocycles. The number of ether oxygens (including phenoxy) is 2. The van der Waals surface area contributed by atoms with Crippen molar-refractivity contribution in [3.8, 4) is 11.5 Å². The van der Waals surface area contributed by atoms with Crippen molar-refractivity contribution in [3.05, 3.63) is 89.2 Å². The van der Waals surface area contributed by atoms with E-state index in [0.29, 0.717) is 6.79 Å². The van der Waals surface area contributed by atoms with Crippen LogP contribution in [-0.2, 0) is 19.3 Å². The Morgan fingerprint density at radius 1 is 0.679 bits per heavy atom. The monoisotopic (exact) mass is 377 g/mol. The highest BCUT2D eigenvalue weighted by atomic mass is 16.7. The molecule has 0 fully saturated rings. The smallest absolute Gasteiger partial charge is 0.231 e. The fourth-order valence-electron chi connectivity index (χ4n) is 2.60. The van der Waals surface area contributed by atoms with E-state index in [1.807, 2.05) is 36.7 Å². The average molecular weight is 378 g/mol. The number of aryl methyl sites for hydroxylation is 4. The molecular weight excluding hydrogens is 346 g/mol. The number of hydrogen-bond donors (Lipinski definition) is 0. The summed E-state index contributed by atoms with van der Waals surface area (Å²) in [7, 11) is 0. The van der Waals surface area contributed by atoms with Crippen LogP contribution < -0.4 is 9.47 Å². The fourth-order valence-corrected chi connectivity index (χ4v) is 2.60. The predicted molar refractivity (Wildman–Crippen MR) is 116 cm³/mol. The molecular formula is C25H31NO2. The van der Waals surface area contributed by atoms with E-state index in [1.54, 1.807) is 0 Å². The molecule has 28 heavy (non-hydrogen) atoms. The molecule has 4 rings (SSSR count). The number of nitrogens with zero attached hydrogens (tertiary/aromatic N) is 1. The van der Waals surface area contributed by atoms with Gasteiger partial charge in [-0.3, -0.25) is 4.98 Å². The number of aromatic nitrogens is 1. The van der Waals surface area contributed by atoms with Crippen molar-refractivity contribution >= 4 is 0 Å². The Kier molecular flexibility index (Phi) is 9.06. The second-order valence-corrected chi connectivity index (χ2v) is 6.59. The zero-order valence-corrected chi connectivity index (χ0v) is 17.4. The van der Waals surface area contributed by atoms with Crippen molar-refractivity contribution < 1.29 is 9.47 Å². The first-order valence-corrected chi connectivity index (χ1v) is 9.99. The van der Waals surface area contributed by atoms with Crippen molar-refractivity contribution in [2.75, 3.05) is 6.79 Å². The molecule has 0 bridgehead atoms. The molecule has 1 aliphatic heterocycles. The van der Waals surface area contributed by atoms with Crippen LogP contribution in [0.15, 0.2) is 67.0 Å². The standard InChI is InChI=1S/C9H10O2.C9H12.C7H9N/c1-2-7-3-4-8-9(5-7)11-6-10-8;1-3-9-6-4-8(2)5-7-9;1-2-7-3-5-8-6-4-7/h3-5H,2,6H2,1H3;4-7H,3H2,1-2H3;3-6H,2H2,1H3. The van der Waals surface area contributed by atoms with Gasteiger partial charge in [-0.25, -0.2) is 0 Å². The largest absolute Gasteiger partial charge is 0.454 e. The Bertz CT molecular complexity index is 814. The highest BCUT2D eigenvalue weighted by molar-refractivity contribution is 5.44. The van der Waals surface area contributed by atoms with Gasteiger partial charge in [-0.1, -0.05) is 56.7 Å². The maximum Gasteiger partial charge on any atom is 0.231 e. The summed E-state index contributed by atoms with van der Waals surface area (Å²) >= 11 is 0. The minimum absolute atomic E-state index is 0.364. The van der Waals surface area contributed by atoms with E-state index in [-0.39, 0.29) is 0 Å². The van der Waals surface area contributed by atoms with E-state index >= 15 is 0 Å². The van der Waals surface area contributed by atoms with E-state index in [0.717, 1.165) is 30.8 Å². The minimum Gasteiger partial charge on any atom is -0.454 e. The molecule has 3 aromatic rings. The molecule has 1 aromatic heterocycles. The topological polar surface area (TPSA) is 31.4 Å². The minimum atomic E-state index is 0.364. The first-order chi connectivity index (χ1) is 13.7. The van der Waals surface area contributed by atoms with Crippen LogP contribution in [0.5, 0.6) is 11.5 Å². The van der Waals surface area contributed by atoms with Gasteiger partial charge in [0.1, 0.15) is 0 Å². The Hall–Kier alpha value is -2.81. The molecule has 0 saturated heterocycles. The summed E-state index contributed by atoms with van der Waals surface area (Å²) < 4.78 is 10.4. The molecule has 0 unspecified atom stereocenters. The summed E-state index contributed by atoms with van der Waals surface area (Å²) in [6.07, 6.45) is 6.91. The van der Waals surface area contributed by atoms with Crippen LogP contribution in [0.2, 0.25) is 0 Å². The van der Waals surface area contributed by atoms with Gasteiger partial charge in [0.25, 0.3) is 0 Å². The van der Waals surface area contributed by atoms with Gasteiger partial charge in [-0.15, -0.1) is 0 Å². The van der Waals surface area contributed by atoms with Crippen LogP contribution in [0.3, 0.4) is 0 Å². The van der Waals surface area contributed by atoms with Crippen LogP contribution in [0.4, 0.5) is 0 Å². The lowest BCUT2D eigenvalue weighted by Gasteiger charge is -1.97. The fraction of sp³-hybridized carbons (Fsp3) is 0.320. The van der Waals surface area contributed by atoms with Crippen LogP contribution >= 0.6 is 0 Å². The second-order valence-electron chi connectivity index (χ2n) is 6.59. The molecule has 3 nitrogen and oxygen atoms in total. The molecule has 0 spiro atoms. The van der Waals surface area contributed by atoms with E-state index in [9.17, 15) is 0 Å². The summed E-state index contributed by atoms with van der Waals surface area (Å²) in [5.41, 5.74) is 5.39. The quantitative estimate of drug-likeness (QED) is 0.546. The molecule has 0 N–H and O–H groups in total. The lowest BCUT2D eigenvalue weighted by atomic mass is 10.1. The maximum absolute atomic E-state index is 5.22. The third-order valence-electron chi connectivity index (χ3n) is 4.53. The second kappa shape index (κ2) is 11.8. The van der Waals surface area contributed by atoms with Crippen LogP contribution in [-0.4, -0.2) is 11.8 Å². The number of hydrogen-bond acceptors (Lipinski definition) is 3. The Morgan fingerprint density at radius 3 is 1.79 bits per heavy atom. The van der Waals surface area contributed by atoms with Crippen molar-refractivity contribution in [2.45, 2.75) is 47.0 Å². The molecule has 0 radical (unpaired) electrons. The molecule has 2 heterocycles. The van der Waals surface area contributed by atoms with Crippen molar-refractivity contribution in [3.63, 3.8) is 0 Å².